The van der Waals surface area contributed by atoms with Crippen molar-refractivity contribution in [1.29, 1.82) is 0 Å². The van der Waals surface area contributed by atoms with Gasteiger partial charge in [0.25, 0.3) is 0 Å². The first-order valence-corrected chi connectivity index (χ1v) is 6.29. The lowest BCUT2D eigenvalue weighted by atomic mass is 10.2. The zero-order chi connectivity index (χ0) is 12.1. The number of anilines is 1. The van der Waals surface area contributed by atoms with E-state index in [1.807, 2.05) is 11.4 Å². The average molecular weight is 251 g/mol. The Morgan fingerprint density at radius 3 is 2.94 bits per heavy atom. The summed E-state index contributed by atoms with van der Waals surface area (Å²) in [5, 5.41) is 5.88. The van der Waals surface area contributed by atoms with Crippen LogP contribution in [0.15, 0.2) is 29.6 Å². The minimum absolute atomic E-state index is 0.196. The zero-order valence-corrected chi connectivity index (χ0v) is 10.1. The fraction of sp³-hybridized carbons (Fsp3) is 0.250. The van der Waals surface area contributed by atoms with E-state index in [1.165, 1.54) is 17.4 Å². The second kappa shape index (κ2) is 5.75. The minimum Gasteiger partial charge on any atom is -0.357 e. The number of nitrogens with one attached hydrogen (secondary N) is 1. The summed E-state index contributed by atoms with van der Waals surface area (Å²) in [6.45, 7) is 1.04. The third kappa shape index (κ3) is 3.25. The third-order valence-corrected chi connectivity index (χ3v) is 3.19. The van der Waals surface area contributed by atoms with Crippen LogP contribution in [0, 0.1) is 5.82 Å². The highest BCUT2D eigenvalue weighted by Gasteiger charge is 2.03. The van der Waals surface area contributed by atoms with Crippen molar-refractivity contribution in [2.24, 2.45) is 5.73 Å². The Morgan fingerprint density at radius 1 is 1.35 bits per heavy atom. The molecule has 0 fully saturated rings. The van der Waals surface area contributed by atoms with Crippen LogP contribution in [-0.4, -0.2) is 11.5 Å². The van der Waals surface area contributed by atoms with Gasteiger partial charge in [0.15, 0.2) is 5.13 Å². The van der Waals surface area contributed by atoms with Gasteiger partial charge in [-0.05, 0) is 12.6 Å². The summed E-state index contributed by atoms with van der Waals surface area (Å²) in [5.74, 6) is -0.196. The lowest BCUT2D eigenvalue weighted by Gasteiger charge is -2.03. The van der Waals surface area contributed by atoms with Crippen LogP contribution in [0.1, 0.15) is 11.3 Å². The molecular weight excluding hydrogens is 237 g/mol. The molecule has 1 heterocycles. The van der Waals surface area contributed by atoms with Crippen molar-refractivity contribution in [3.8, 4) is 0 Å². The number of nitrogens with two attached hydrogens (primary N) is 1. The Morgan fingerprint density at radius 2 is 2.18 bits per heavy atom. The molecule has 0 radical (unpaired) electrons. The van der Waals surface area contributed by atoms with E-state index in [1.54, 1.807) is 12.1 Å². The maximum absolute atomic E-state index is 13.3. The van der Waals surface area contributed by atoms with E-state index in [2.05, 4.69) is 10.3 Å². The molecule has 17 heavy (non-hydrogen) atoms. The van der Waals surface area contributed by atoms with E-state index in [0.717, 1.165) is 17.2 Å². The first-order valence-electron chi connectivity index (χ1n) is 5.41. The van der Waals surface area contributed by atoms with Crippen LogP contribution in [0.4, 0.5) is 9.52 Å². The number of aromatic nitrogens is 1. The minimum atomic E-state index is -0.196. The Hall–Kier alpha value is -1.46. The molecule has 3 nitrogen and oxygen atoms in total. The fourth-order valence-electron chi connectivity index (χ4n) is 1.46. The molecule has 0 bridgehead atoms. The summed E-state index contributed by atoms with van der Waals surface area (Å²) < 4.78 is 13.3. The van der Waals surface area contributed by atoms with Gasteiger partial charge in [-0.25, -0.2) is 9.37 Å². The second-order valence-corrected chi connectivity index (χ2v) is 4.49. The number of benzene rings is 1. The zero-order valence-electron chi connectivity index (χ0n) is 9.32. The van der Waals surface area contributed by atoms with E-state index in [4.69, 9.17) is 5.73 Å². The molecule has 0 spiro atoms. The number of hydrogen-bond acceptors (Lipinski definition) is 4. The van der Waals surface area contributed by atoms with Gasteiger partial charge in [-0.1, -0.05) is 18.2 Å². The number of hydrogen-bond donors (Lipinski definition) is 2. The smallest absolute Gasteiger partial charge is 0.183 e. The third-order valence-electron chi connectivity index (χ3n) is 2.34. The molecule has 2 rings (SSSR count). The number of thiazole rings is 1. The molecule has 90 valence electrons. The van der Waals surface area contributed by atoms with Gasteiger partial charge in [0.05, 0.1) is 5.69 Å². The van der Waals surface area contributed by atoms with E-state index in [0.29, 0.717) is 18.7 Å². The molecule has 3 N–H and O–H groups in total. The van der Waals surface area contributed by atoms with Crippen molar-refractivity contribution in [3.05, 3.63) is 46.7 Å². The van der Waals surface area contributed by atoms with Crippen LogP contribution in [0.3, 0.4) is 0 Å². The van der Waals surface area contributed by atoms with Crippen LogP contribution >= 0.6 is 11.3 Å². The Labute approximate surface area is 103 Å². The number of rotatable bonds is 5. The first kappa shape index (κ1) is 12.0. The van der Waals surface area contributed by atoms with E-state index >= 15 is 0 Å². The van der Waals surface area contributed by atoms with Gasteiger partial charge in [-0.15, -0.1) is 11.3 Å². The van der Waals surface area contributed by atoms with Crippen LogP contribution in [0.2, 0.25) is 0 Å². The molecule has 0 saturated carbocycles. The van der Waals surface area contributed by atoms with E-state index in [-0.39, 0.29) is 5.82 Å². The molecule has 0 aliphatic heterocycles. The predicted octanol–water partition coefficient (Wildman–Crippen LogP) is 2.40. The standard InChI is InChI=1S/C12H14FN3S/c13-11-4-2-1-3-9(11)7-15-12-16-10(5-6-14)8-17-12/h1-4,8H,5-7,14H2,(H,15,16). The Balaban J connectivity index is 1.95. The molecular formula is C12H14FN3S. The summed E-state index contributed by atoms with van der Waals surface area (Å²) in [7, 11) is 0. The van der Waals surface area contributed by atoms with Gasteiger partial charge < -0.3 is 11.1 Å². The van der Waals surface area contributed by atoms with Gasteiger partial charge in [0.2, 0.25) is 0 Å². The Kier molecular flexibility index (Phi) is 4.06. The number of halogens is 1. The van der Waals surface area contributed by atoms with Crippen molar-refractivity contribution >= 4 is 16.5 Å². The van der Waals surface area contributed by atoms with E-state index in [9.17, 15) is 4.39 Å². The molecule has 0 aliphatic carbocycles. The molecule has 1 aromatic heterocycles. The highest BCUT2D eigenvalue weighted by Crippen LogP contribution is 2.17. The van der Waals surface area contributed by atoms with Crippen LogP contribution in [0.25, 0.3) is 0 Å². The highest BCUT2D eigenvalue weighted by molar-refractivity contribution is 7.13. The largest absolute Gasteiger partial charge is 0.357 e. The number of nitrogens with zero attached hydrogens (tertiary/aromatic N) is 1. The lowest BCUT2D eigenvalue weighted by molar-refractivity contribution is 0.613. The normalized spacial score (nSPS) is 10.5. The molecule has 0 saturated heterocycles. The van der Waals surface area contributed by atoms with Crippen molar-refractivity contribution in [2.75, 3.05) is 11.9 Å². The van der Waals surface area contributed by atoms with Gasteiger partial charge in [-0.2, -0.15) is 0 Å². The van der Waals surface area contributed by atoms with Crippen molar-refractivity contribution < 1.29 is 4.39 Å². The quantitative estimate of drug-likeness (QED) is 0.858. The highest BCUT2D eigenvalue weighted by atomic mass is 32.1. The molecule has 0 amide bonds. The molecule has 2 aromatic rings. The van der Waals surface area contributed by atoms with Crippen LogP contribution in [0.5, 0.6) is 0 Å². The van der Waals surface area contributed by atoms with Crippen LogP contribution < -0.4 is 11.1 Å². The summed E-state index contributed by atoms with van der Waals surface area (Å²) in [6, 6.07) is 6.72. The van der Waals surface area contributed by atoms with Gasteiger partial charge >= 0.3 is 0 Å². The molecule has 0 unspecified atom stereocenters. The van der Waals surface area contributed by atoms with Crippen molar-refractivity contribution in [2.45, 2.75) is 13.0 Å². The molecule has 0 aliphatic rings. The lowest BCUT2D eigenvalue weighted by Crippen LogP contribution is -2.04. The maximum Gasteiger partial charge on any atom is 0.183 e. The van der Waals surface area contributed by atoms with Crippen molar-refractivity contribution in [1.82, 2.24) is 4.98 Å². The monoisotopic (exact) mass is 251 g/mol. The van der Waals surface area contributed by atoms with Crippen molar-refractivity contribution in [3.63, 3.8) is 0 Å². The van der Waals surface area contributed by atoms with Crippen LogP contribution in [-0.2, 0) is 13.0 Å². The average Bonchev–Trinajstić information content (AvgIpc) is 2.76. The van der Waals surface area contributed by atoms with E-state index < -0.39 is 0 Å². The SMILES string of the molecule is NCCc1csc(NCc2ccccc2F)n1. The topological polar surface area (TPSA) is 50.9 Å². The summed E-state index contributed by atoms with van der Waals surface area (Å²) in [6.07, 6.45) is 0.776. The fourth-order valence-corrected chi connectivity index (χ4v) is 2.21. The van der Waals surface area contributed by atoms with Gasteiger partial charge in [-0.3, -0.25) is 0 Å². The molecule has 5 heteroatoms. The maximum atomic E-state index is 13.3. The molecule has 0 atom stereocenters. The summed E-state index contributed by atoms with van der Waals surface area (Å²) in [4.78, 5) is 4.35. The second-order valence-electron chi connectivity index (χ2n) is 3.63. The summed E-state index contributed by atoms with van der Waals surface area (Å²) >= 11 is 1.51. The predicted molar refractivity (Wildman–Crippen MR) is 68.6 cm³/mol. The Bertz CT molecular complexity index is 484. The van der Waals surface area contributed by atoms with Gasteiger partial charge in [0, 0.05) is 23.9 Å². The van der Waals surface area contributed by atoms with Gasteiger partial charge in [0.1, 0.15) is 5.82 Å². The summed E-state index contributed by atoms with van der Waals surface area (Å²) in [5.41, 5.74) is 7.07. The molecule has 1 aromatic carbocycles. The first-order chi connectivity index (χ1) is 8.29.